The highest BCUT2D eigenvalue weighted by atomic mass is 35.5. The number of anilines is 2. The average Bonchev–Trinajstić information content (AvgIpc) is 2.97. The van der Waals surface area contributed by atoms with Crippen molar-refractivity contribution in [2.24, 2.45) is 0 Å². The maximum absolute atomic E-state index is 13.1. The Morgan fingerprint density at radius 1 is 1.11 bits per heavy atom. The van der Waals surface area contributed by atoms with Gasteiger partial charge in [-0.15, -0.1) is 0 Å². The number of carbonyl (C=O) groups is 1. The molecule has 0 spiro atoms. The molecular weight excluding hydrogens is 362 g/mol. The number of benzene rings is 2. The molecule has 1 amide bonds. The third-order valence-electron chi connectivity index (χ3n) is 4.38. The summed E-state index contributed by atoms with van der Waals surface area (Å²) in [5, 5.41) is 4.05. The number of rotatable bonds is 5. The van der Waals surface area contributed by atoms with Crippen LogP contribution in [0.5, 0.6) is 5.75 Å². The first-order valence-electron chi connectivity index (χ1n) is 8.71. The van der Waals surface area contributed by atoms with E-state index in [1.54, 1.807) is 35.4 Å². The second-order valence-corrected chi connectivity index (χ2v) is 6.53. The van der Waals surface area contributed by atoms with Gasteiger partial charge in [-0.2, -0.15) is 0 Å². The van der Waals surface area contributed by atoms with Crippen LogP contribution in [0.4, 0.5) is 11.4 Å². The summed E-state index contributed by atoms with van der Waals surface area (Å²) in [5.74, 6) is 0.680. The lowest BCUT2D eigenvalue weighted by atomic mass is 10.2. The quantitative estimate of drug-likeness (QED) is 0.684. The number of halogens is 1. The van der Waals surface area contributed by atoms with Gasteiger partial charge in [0.25, 0.3) is 5.91 Å². The first kappa shape index (κ1) is 17.4. The lowest BCUT2D eigenvalue weighted by Crippen LogP contribution is -2.32. The molecule has 1 atom stereocenters. The van der Waals surface area contributed by atoms with Crippen LogP contribution in [0.2, 0.25) is 5.02 Å². The highest BCUT2D eigenvalue weighted by Crippen LogP contribution is 2.37. The second-order valence-electron chi connectivity index (χ2n) is 6.09. The monoisotopic (exact) mass is 379 g/mol. The fourth-order valence-electron chi connectivity index (χ4n) is 3.16. The predicted octanol–water partition coefficient (Wildman–Crippen LogP) is 4.90. The van der Waals surface area contributed by atoms with E-state index >= 15 is 0 Å². The summed E-state index contributed by atoms with van der Waals surface area (Å²) >= 11 is 5.98. The number of aromatic nitrogens is 1. The number of carbonyl (C=O) groups excluding carboxylic acids is 1. The summed E-state index contributed by atoms with van der Waals surface area (Å²) in [6.07, 6.45) is 1.29. The molecule has 0 radical (unpaired) electrons. The molecule has 0 bridgehead atoms. The van der Waals surface area contributed by atoms with Gasteiger partial charge in [0.2, 0.25) is 0 Å². The number of nitrogens with zero attached hydrogens (tertiary/aromatic N) is 2. The number of nitrogens with one attached hydrogen (secondary N) is 1. The number of pyridine rings is 1. The maximum Gasteiger partial charge on any atom is 0.262 e. The number of amides is 1. The van der Waals surface area contributed by atoms with Gasteiger partial charge in [0.1, 0.15) is 5.75 Å². The average molecular weight is 380 g/mol. The molecule has 0 aliphatic carbocycles. The molecule has 0 unspecified atom stereocenters. The minimum Gasteiger partial charge on any atom is -0.494 e. The van der Waals surface area contributed by atoms with Crippen LogP contribution < -0.4 is 15.0 Å². The summed E-state index contributed by atoms with van der Waals surface area (Å²) in [4.78, 5) is 19.2. The van der Waals surface area contributed by atoms with E-state index in [4.69, 9.17) is 16.3 Å². The van der Waals surface area contributed by atoms with E-state index in [0.717, 1.165) is 17.1 Å². The van der Waals surface area contributed by atoms with Gasteiger partial charge in [0, 0.05) is 22.6 Å². The Morgan fingerprint density at radius 3 is 2.56 bits per heavy atom. The summed E-state index contributed by atoms with van der Waals surface area (Å²) in [5.41, 5.74) is 2.92. The summed E-state index contributed by atoms with van der Waals surface area (Å²) in [7, 11) is 0. The van der Waals surface area contributed by atoms with Gasteiger partial charge < -0.3 is 10.1 Å². The Bertz CT molecular complexity index is 958. The van der Waals surface area contributed by atoms with Crippen LogP contribution >= 0.6 is 11.6 Å². The molecule has 1 N–H and O–H groups in total. The van der Waals surface area contributed by atoms with Crippen molar-refractivity contribution >= 4 is 28.9 Å². The predicted molar refractivity (Wildman–Crippen MR) is 106 cm³/mol. The molecule has 4 rings (SSSR count). The number of fused-ring (bicyclic) bond motifs is 1. The Kier molecular flexibility index (Phi) is 4.69. The minimum absolute atomic E-state index is 0.0891. The molecule has 0 saturated heterocycles. The van der Waals surface area contributed by atoms with E-state index < -0.39 is 6.17 Å². The molecule has 27 heavy (non-hydrogen) atoms. The van der Waals surface area contributed by atoms with Gasteiger partial charge in [-0.1, -0.05) is 11.6 Å². The van der Waals surface area contributed by atoms with Crippen molar-refractivity contribution in [2.75, 3.05) is 16.8 Å². The van der Waals surface area contributed by atoms with Crippen LogP contribution in [0.25, 0.3) is 0 Å². The van der Waals surface area contributed by atoms with Crippen molar-refractivity contribution in [3.05, 3.63) is 83.1 Å². The topological polar surface area (TPSA) is 54.5 Å². The lowest BCUT2D eigenvalue weighted by molar-refractivity contribution is 0.0993. The molecule has 1 aromatic heterocycles. The molecule has 0 saturated carbocycles. The number of hydrogen-bond acceptors (Lipinski definition) is 4. The highest BCUT2D eigenvalue weighted by molar-refractivity contribution is 6.30. The Morgan fingerprint density at radius 2 is 1.85 bits per heavy atom. The molecule has 3 aromatic rings. The summed E-state index contributed by atoms with van der Waals surface area (Å²) in [6, 6.07) is 18.4. The second kappa shape index (κ2) is 7.29. The van der Waals surface area contributed by atoms with Crippen LogP contribution in [0.3, 0.4) is 0 Å². The Hall–Kier alpha value is -3.05. The van der Waals surface area contributed by atoms with E-state index in [1.165, 1.54) is 0 Å². The lowest BCUT2D eigenvalue weighted by Gasteiger charge is -2.26. The first-order chi connectivity index (χ1) is 13.2. The first-order valence-corrected chi connectivity index (χ1v) is 9.08. The van der Waals surface area contributed by atoms with E-state index in [-0.39, 0.29) is 5.91 Å². The van der Waals surface area contributed by atoms with Crippen molar-refractivity contribution in [2.45, 2.75) is 13.1 Å². The summed E-state index contributed by atoms with van der Waals surface area (Å²) in [6.45, 7) is 2.53. The van der Waals surface area contributed by atoms with Gasteiger partial charge in [0.15, 0.2) is 6.17 Å². The Labute approximate surface area is 162 Å². The van der Waals surface area contributed by atoms with E-state index in [1.807, 2.05) is 43.3 Å². The van der Waals surface area contributed by atoms with Gasteiger partial charge in [-0.25, -0.2) is 0 Å². The van der Waals surface area contributed by atoms with Crippen molar-refractivity contribution < 1.29 is 9.53 Å². The SMILES string of the molecule is CCOc1ccc(N2C(=O)c3cccnc3[C@H]2Nc2ccc(Cl)cc2)cc1. The van der Waals surface area contributed by atoms with Gasteiger partial charge >= 0.3 is 0 Å². The van der Waals surface area contributed by atoms with Crippen molar-refractivity contribution in [1.29, 1.82) is 0 Å². The zero-order valence-corrected chi connectivity index (χ0v) is 15.5. The van der Waals surface area contributed by atoms with E-state index in [9.17, 15) is 4.79 Å². The van der Waals surface area contributed by atoms with Crippen LogP contribution in [-0.2, 0) is 0 Å². The van der Waals surface area contributed by atoms with Crippen molar-refractivity contribution in [3.63, 3.8) is 0 Å². The van der Waals surface area contributed by atoms with E-state index in [0.29, 0.717) is 22.9 Å². The van der Waals surface area contributed by atoms with Crippen LogP contribution in [0, 0.1) is 0 Å². The largest absolute Gasteiger partial charge is 0.494 e. The van der Waals surface area contributed by atoms with Crippen LogP contribution in [0.15, 0.2) is 66.9 Å². The van der Waals surface area contributed by atoms with Gasteiger partial charge in [-0.05, 0) is 67.6 Å². The minimum atomic E-state index is -0.409. The van der Waals surface area contributed by atoms with Crippen LogP contribution in [-0.4, -0.2) is 17.5 Å². The number of ether oxygens (including phenoxy) is 1. The highest BCUT2D eigenvalue weighted by Gasteiger charge is 2.38. The van der Waals surface area contributed by atoms with Crippen LogP contribution in [0.1, 0.15) is 29.1 Å². The third-order valence-corrected chi connectivity index (χ3v) is 4.63. The maximum atomic E-state index is 13.1. The molecule has 1 aliphatic heterocycles. The van der Waals surface area contributed by atoms with E-state index in [2.05, 4.69) is 10.3 Å². The van der Waals surface area contributed by atoms with Gasteiger partial charge in [0.05, 0.1) is 17.9 Å². The fourth-order valence-corrected chi connectivity index (χ4v) is 3.28. The number of hydrogen-bond donors (Lipinski definition) is 1. The normalized spacial score (nSPS) is 15.6. The zero-order chi connectivity index (χ0) is 18.8. The molecule has 5 nitrogen and oxygen atoms in total. The standard InChI is InChI=1S/C21H18ClN3O2/c1-2-27-17-11-9-16(10-12-17)25-20(24-15-7-5-14(22)6-8-15)19-18(21(25)26)4-3-13-23-19/h3-13,20,24H,2H2,1H3/t20-/m0/s1. The molecule has 2 heterocycles. The molecule has 2 aromatic carbocycles. The molecule has 0 fully saturated rings. The molecule has 6 heteroatoms. The molecule has 1 aliphatic rings. The molecule has 136 valence electrons. The Balaban J connectivity index is 1.71. The smallest absolute Gasteiger partial charge is 0.262 e. The third kappa shape index (κ3) is 3.34. The molecular formula is C21H18ClN3O2. The van der Waals surface area contributed by atoms with Crippen molar-refractivity contribution in [3.8, 4) is 5.75 Å². The fraction of sp³-hybridized carbons (Fsp3) is 0.143. The summed E-state index contributed by atoms with van der Waals surface area (Å²) < 4.78 is 5.50. The van der Waals surface area contributed by atoms with Gasteiger partial charge in [-0.3, -0.25) is 14.7 Å². The zero-order valence-electron chi connectivity index (χ0n) is 14.7. The van der Waals surface area contributed by atoms with Crippen molar-refractivity contribution in [1.82, 2.24) is 4.98 Å².